The number of aryl methyl sites for hydroxylation is 1. The average molecular weight is 700 g/mol. The van der Waals surface area contributed by atoms with Crippen LogP contribution in [0.5, 0.6) is 0 Å². The zero-order valence-electron chi connectivity index (χ0n) is 22.5. The third kappa shape index (κ3) is 5.59. The number of furan rings is 1. The second-order valence-electron chi connectivity index (χ2n) is 9.61. The summed E-state index contributed by atoms with van der Waals surface area (Å²) in [7, 11) is 0. The van der Waals surface area contributed by atoms with Gasteiger partial charge in [-0.3, -0.25) is 0 Å². The van der Waals surface area contributed by atoms with Gasteiger partial charge in [-0.15, -0.1) is 35.9 Å². The molecule has 4 nitrogen and oxygen atoms in total. The molecule has 4 aromatic carbocycles. The summed E-state index contributed by atoms with van der Waals surface area (Å²) in [5.74, 6) is 0. The first kappa shape index (κ1) is 27.4. The number of fused-ring (bicyclic) bond motifs is 4. The fourth-order valence-corrected chi connectivity index (χ4v) is 4.73. The molecule has 0 saturated carbocycles. The van der Waals surface area contributed by atoms with Crippen molar-refractivity contribution in [3.63, 3.8) is 0 Å². The summed E-state index contributed by atoms with van der Waals surface area (Å²) < 4.78 is 10.3. The maximum atomic E-state index is 6.01. The largest absolute Gasteiger partial charge is 0.494 e. The molecule has 0 unspecified atom stereocenters. The molecule has 6 aromatic rings. The van der Waals surface area contributed by atoms with Crippen LogP contribution in [0.3, 0.4) is 0 Å². The minimum Gasteiger partial charge on any atom is -0.483 e. The standard InChI is InChI=1S/C23H19N2O.C12H10N.Ir/c1-2-3-14-24-16-25(21-10-6-5-9-20(21)24)17-12-13-19-18-8-4-7-11-22(18)26-23(19)15-17;1-10-7-8-12(13-9-10)11-5-3-2-4-6-11;/h4-13H,2-3,14H2,1H3;2-5,7-9H,1H3;/q+1;-1;. The van der Waals surface area contributed by atoms with Gasteiger partial charge in [-0.1, -0.05) is 82.5 Å². The van der Waals surface area contributed by atoms with E-state index < -0.39 is 0 Å². The first-order valence-electron chi connectivity index (χ1n) is 13.4. The number of aromatic nitrogens is 1. The van der Waals surface area contributed by atoms with E-state index in [1.165, 1.54) is 11.3 Å². The predicted octanol–water partition coefficient (Wildman–Crippen LogP) is 8.71. The van der Waals surface area contributed by atoms with E-state index >= 15 is 0 Å². The molecule has 1 radical (unpaired) electrons. The van der Waals surface area contributed by atoms with Gasteiger partial charge < -0.3 is 9.40 Å². The maximum absolute atomic E-state index is 6.01. The molecule has 7 rings (SSSR count). The van der Waals surface area contributed by atoms with Gasteiger partial charge in [0.15, 0.2) is 6.54 Å². The third-order valence-corrected chi connectivity index (χ3v) is 6.79. The maximum Gasteiger partial charge on any atom is 0.494 e. The van der Waals surface area contributed by atoms with E-state index in [0.717, 1.165) is 64.0 Å². The molecule has 0 aliphatic carbocycles. The SMILES string of the molecule is CCCC[N+]1=C=[N+](c2[c-]c3oc4ccccc4c3cc2)c2ccccc21.Cc1ccc(-c2[c-]cccc2)nc1.[Ir]. The molecule has 0 N–H and O–H groups in total. The number of unbranched alkanes of at least 4 members (excludes halogenated alkanes) is 1. The fourth-order valence-electron chi connectivity index (χ4n) is 4.73. The molecule has 0 bridgehead atoms. The third-order valence-electron chi connectivity index (χ3n) is 6.79. The van der Waals surface area contributed by atoms with E-state index in [2.05, 4.69) is 87.7 Å². The summed E-state index contributed by atoms with van der Waals surface area (Å²) in [5.41, 5.74) is 8.16. The molecule has 1 aliphatic rings. The van der Waals surface area contributed by atoms with Crippen LogP contribution in [-0.4, -0.2) is 22.1 Å². The van der Waals surface area contributed by atoms with Crippen molar-refractivity contribution >= 4 is 45.0 Å². The Bertz CT molecular complexity index is 1830. The van der Waals surface area contributed by atoms with E-state index in [1.54, 1.807) is 0 Å². The molecule has 1 aliphatic heterocycles. The molecular weight excluding hydrogens is 671 g/mol. The zero-order valence-corrected chi connectivity index (χ0v) is 24.9. The van der Waals surface area contributed by atoms with Gasteiger partial charge in [-0.05, 0) is 29.6 Å². The van der Waals surface area contributed by atoms with Gasteiger partial charge in [0.05, 0.1) is 0 Å². The Hall–Kier alpha value is -4.14. The number of nitrogens with zero attached hydrogens (tertiary/aromatic N) is 3. The van der Waals surface area contributed by atoms with Crippen LogP contribution >= 0.6 is 0 Å². The van der Waals surface area contributed by atoms with Crippen LogP contribution in [0, 0.1) is 19.1 Å². The quantitative estimate of drug-likeness (QED) is 0.133. The van der Waals surface area contributed by atoms with Crippen LogP contribution in [0.1, 0.15) is 25.3 Å². The normalized spacial score (nSPS) is 11.8. The van der Waals surface area contributed by atoms with Crippen LogP contribution in [0.15, 0.2) is 108 Å². The first-order valence-corrected chi connectivity index (χ1v) is 13.4. The van der Waals surface area contributed by atoms with Gasteiger partial charge in [-0.25, -0.2) is 0 Å². The van der Waals surface area contributed by atoms with Gasteiger partial charge in [0, 0.05) is 50.4 Å². The summed E-state index contributed by atoms with van der Waals surface area (Å²) >= 11 is 0. The number of benzene rings is 4. The van der Waals surface area contributed by atoms with E-state index in [1.807, 2.05) is 61.7 Å². The van der Waals surface area contributed by atoms with Gasteiger partial charge in [0.2, 0.25) is 0 Å². The van der Waals surface area contributed by atoms with E-state index in [4.69, 9.17) is 4.42 Å². The van der Waals surface area contributed by atoms with Crippen molar-refractivity contribution in [3.8, 4) is 11.3 Å². The molecule has 2 aromatic heterocycles. The summed E-state index contributed by atoms with van der Waals surface area (Å²) in [6.07, 6.45) is 4.18. The van der Waals surface area contributed by atoms with E-state index in [9.17, 15) is 0 Å². The molecular formula is C35H29IrN3O. The van der Waals surface area contributed by atoms with Crippen LogP contribution in [0.4, 0.5) is 17.1 Å². The molecule has 199 valence electrons. The number of hydrogen-bond acceptors (Lipinski definition) is 2. The predicted molar refractivity (Wildman–Crippen MR) is 158 cm³/mol. The summed E-state index contributed by atoms with van der Waals surface area (Å²) in [6.45, 7) is 5.21. The molecule has 0 spiro atoms. The Balaban J connectivity index is 0.000000195. The number of rotatable bonds is 5. The Morgan fingerprint density at radius 1 is 0.850 bits per heavy atom. The molecule has 5 heteroatoms. The van der Waals surface area contributed by atoms with Crippen molar-refractivity contribution in [2.24, 2.45) is 0 Å². The van der Waals surface area contributed by atoms with E-state index in [0.29, 0.717) is 0 Å². The smallest absolute Gasteiger partial charge is 0.483 e. The minimum atomic E-state index is 0. The fraction of sp³-hybridized carbons (Fsp3) is 0.143. The Morgan fingerprint density at radius 2 is 1.65 bits per heavy atom. The van der Waals surface area contributed by atoms with E-state index in [-0.39, 0.29) is 20.1 Å². The second-order valence-corrected chi connectivity index (χ2v) is 9.61. The van der Waals surface area contributed by atoms with Crippen molar-refractivity contribution in [1.29, 1.82) is 0 Å². The Labute approximate surface area is 248 Å². The molecule has 0 amide bonds. The van der Waals surface area contributed by atoms with Gasteiger partial charge in [0.25, 0.3) is 11.4 Å². The topological polar surface area (TPSA) is 32.0 Å². The first-order chi connectivity index (χ1) is 19.2. The van der Waals surface area contributed by atoms with Crippen LogP contribution in [0.2, 0.25) is 0 Å². The monoisotopic (exact) mass is 700 g/mol. The molecule has 0 fully saturated rings. The zero-order chi connectivity index (χ0) is 26.6. The molecule has 0 saturated heterocycles. The van der Waals surface area contributed by atoms with Crippen LogP contribution < -0.4 is 4.58 Å². The number of para-hydroxylation sites is 3. The summed E-state index contributed by atoms with van der Waals surface area (Å²) in [4.78, 5) is 4.32. The molecule has 0 atom stereocenters. The van der Waals surface area contributed by atoms with Crippen molar-refractivity contribution < 1.29 is 29.1 Å². The van der Waals surface area contributed by atoms with Gasteiger partial charge in [0.1, 0.15) is 11.3 Å². The van der Waals surface area contributed by atoms with Gasteiger partial charge >= 0.3 is 6.01 Å². The van der Waals surface area contributed by atoms with Crippen LogP contribution in [0.25, 0.3) is 33.2 Å². The van der Waals surface area contributed by atoms with Crippen molar-refractivity contribution in [3.05, 3.63) is 121 Å². The molecule has 3 heterocycles. The number of hydrogen-bond donors (Lipinski definition) is 0. The van der Waals surface area contributed by atoms with Gasteiger partial charge in [-0.2, -0.15) is 6.07 Å². The Kier molecular flexibility index (Phi) is 8.48. The van der Waals surface area contributed by atoms with Crippen molar-refractivity contribution in [2.45, 2.75) is 26.7 Å². The number of pyridine rings is 1. The second kappa shape index (κ2) is 12.4. The summed E-state index contributed by atoms with van der Waals surface area (Å²) in [6, 6.07) is 42.8. The molecule has 40 heavy (non-hydrogen) atoms. The van der Waals surface area contributed by atoms with Crippen LogP contribution in [-0.2, 0) is 20.1 Å². The summed E-state index contributed by atoms with van der Waals surface area (Å²) in [5, 5.41) is 2.23. The van der Waals surface area contributed by atoms with Crippen molar-refractivity contribution in [1.82, 2.24) is 9.56 Å². The average Bonchev–Trinajstić information content (AvgIpc) is 3.55. The minimum absolute atomic E-state index is 0. The Morgan fingerprint density at radius 3 is 2.42 bits per heavy atom. The van der Waals surface area contributed by atoms with Crippen molar-refractivity contribution in [2.75, 3.05) is 6.54 Å².